The first-order chi connectivity index (χ1) is 9.61. The molecule has 0 amide bonds. The third-order valence-corrected chi connectivity index (χ3v) is 4.08. The zero-order valence-corrected chi connectivity index (χ0v) is 13.4. The third kappa shape index (κ3) is 3.90. The zero-order valence-electron chi connectivity index (χ0n) is 11.9. The van der Waals surface area contributed by atoms with Crippen molar-refractivity contribution >= 4 is 34.8 Å². The fourth-order valence-electron chi connectivity index (χ4n) is 2.22. The van der Waals surface area contributed by atoms with Gasteiger partial charge in [0.2, 0.25) is 0 Å². The first kappa shape index (κ1) is 15.7. The van der Waals surface area contributed by atoms with E-state index in [9.17, 15) is 0 Å². The number of nitrogens with zero attached hydrogens (tertiary/aromatic N) is 1. The summed E-state index contributed by atoms with van der Waals surface area (Å²) in [5.41, 5.74) is 0. The lowest BCUT2D eigenvalue weighted by atomic mass is 10.0. The second-order valence-corrected chi connectivity index (χ2v) is 5.95. The number of nitrogens with one attached hydrogen (secondary N) is 2. The van der Waals surface area contributed by atoms with Crippen LogP contribution in [0.3, 0.4) is 0 Å². The average molecular weight is 318 g/mol. The van der Waals surface area contributed by atoms with Crippen molar-refractivity contribution in [2.24, 2.45) is 5.92 Å². The van der Waals surface area contributed by atoms with E-state index in [0.717, 1.165) is 32.6 Å². The molecule has 0 spiro atoms. The van der Waals surface area contributed by atoms with Crippen LogP contribution in [-0.4, -0.2) is 30.8 Å². The Labute approximate surface area is 130 Å². The summed E-state index contributed by atoms with van der Waals surface area (Å²) in [6, 6.07) is 2.00. The molecular formula is C14H21Cl2N3O. The molecule has 1 fully saturated rings. The Morgan fingerprint density at radius 2 is 2.15 bits per heavy atom. The molecule has 1 aromatic heterocycles. The van der Waals surface area contributed by atoms with Crippen molar-refractivity contribution in [3.63, 3.8) is 0 Å². The fraction of sp³-hybridized carbons (Fsp3) is 0.643. The molecule has 0 aromatic carbocycles. The molecule has 2 N–H and O–H groups in total. The van der Waals surface area contributed by atoms with E-state index in [1.54, 1.807) is 6.07 Å². The number of halogens is 2. The van der Waals surface area contributed by atoms with Gasteiger partial charge in [0, 0.05) is 25.1 Å². The maximum absolute atomic E-state index is 6.22. The van der Waals surface area contributed by atoms with E-state index in [2.05, 4.69) is 29.5 Å². The average Bonchev–Trinajstić information content (AvgIpc) is 2.94. The van der Waals surface area contributed by atoms with E-state index in [1.807, 2.05) is 0 Å². The summed E-state index contributed by atoms with van der Waals surface area (Å²) in [4.78, 5) is 4.49. The molecule has 0 aliphatic carbocycles. The summed E-state index contributed by atoms with van der Waals surface area (Å²) in [5.74, 6) is 1.85. The van der Waals surface area contributed by atoms with Crippen LogP contribution >= 0.6 is 23.2 Å². The number of aromatic nitrogens is 1. The lowest BCUT2D eigenvalue weighted by Crippen LogP contribution is -2.26. The van der Waals surface area contributed by atoms with Crippen LogP contribution < -0.4 is 10.6 Å². The molecule has 1 saturated heterocycles. The predicted molar refractivity (Wildman–Crippen MR) is 85.0 cm³/mol. The highest BCUT2D eigenvalue weighted by Gasteiger charge is 2.23. The van der Waals surface area contributed by atoms with E-state index >= 15 is 0 Å². The number of anilines is 2. The topological polar surface area (TPSA) is 46.2 Å². The van der Waals surface area contributed by atoms with E-state index in [4.69, 9.17) is 27.9 Å². The van der Waals surface area contributed by atoms with Gasteiger partial charge < -0.3 is 15.4 Å². The molecule has 0 radical (unpaired) electrons. The Hall–Kier alpha value is -0.710. The van der Waals surface area contributed by atoms with Crippen molar-refractivity contribution in [1.82, 2.24) is 4.98 Å². The van der Waals surface area contributed by atoms with Gasteiger partial charge in [0.15, 0.2) is 0 Å². The number of hydrogen-bond donors (Lipinski definition) is 2. The summed E-state index contributed by atoms with van der Waals surface area (Å²) in [6.07, 6.45) is 2.08. The Kier molecular flexibility index (Phi) is 5.75. The van der Waals surface area contributed by atoms with Crippen LogP contribution in [0.5, 0.6) is 0 Å². The van der Waals surface area contributed by atoms with Crippen LogP contribution in [0.4, 0.5) is 11.6 Å². The van der Waals surface area contributed by atoms with Crippen LogP contribution in [-0.2, 0) is 4.74 Å². The predicted octanol–water partition coefficient (Wildman–Crippen LogP) is 4.05. The van der Waals surface area contributed by atoms with Gasteiger partial charge in [0.1, 0.15) is 11.6 Å². The summed E-state index contributed by atoms with van der Waals surface area (Å²) < 4.78 is 5.42. The molecule has 6 heteroatoms. The first-order valence-corrected chi connectivity index (χ1v) is 7.81. The van der Waals surface area contributed by atoms with E-state index < -0.39 is 0 Å². The van der Waals surface area contributed by atoms with Crippen LogP contribution in [0.2, 0.25) is 10.0 Å². The Balaban J connectivity index is 2.09. The quantitative estimate of drug-likeness (QED) is 0.831. The highest BCUT2D eigenvalue weighted by Crippen LogP contribution is 2.30. The van der Waals surface area contributed by atoms with Gasteiger partial charge in [-0.15, -0.1) is 0 Å². The molecule has 2 rings (SSSR count). The van der Waals surface area contributed by atoms with Gasteiger partial charge in [0.05, 0.1) is 16.7 Å². The first-order valence-electron chi connectivity index (χ1n) is 7.06. The minimum absolute atomic E-state index is 0.266. The normalized spacial score (nSPS) is 19.9. The zero-order chi connectivity index (χ0) is 14.5. The third-order valence-electron chi connectivity index (χ3n) is 3.51. The summed E-state index contributed by atoms with van der Waals surface area (Å²) in [7, 11) is 0. The van der Waals surface area contributed by atoms with Crippen LogP contribution in [0.15, 0.2) is 6.07 Å². The van der Waals surface area contributed by atoms with Crippen molar-refractivity contribution in [2.45, 2.75) is 32.7 Å². The number of hydrogen-bond acceptors (Lipinski definition) is 4. The highest BCUT2D eigenvalue weighted by atomic mass is 35.5. The summed E-state index contributed by atoms with van der Waals surface area (Å²) >= 11 is 12.4. The lowest BCUT2D eigenvalue weighted by molar-refractivity contribution is 0.183. The lowest BCUT2D eigenvalue weighted by Gasteiger charge is -2.21. The van der Waals surface area contributed by atoms with Crippen LogP contribution in [0.1, 0.15) is 26.7 Å². The van der Waals surface area contributed by atoms with Crippen LogP contribution in [0.25, 0.3) is 0 Å². The number of pyridine rings is 1. The van der Waals surface area contributed by atoms with Crippen molar-refractivity contribution in [3.8, 4) is 0 Å². The molecule has 0 bridgehead atoms. The highest BCUT2D eigenvalue weighted by molar-refractivity contribution is 6.37. The molecule has 2 heterocycles. The maximum Gasteiger partial charge on any atom is 0.147 e. The van der Waals surface area contributed by atoms with Gasteiger partial charge >= 0.3 is 0 Å². The summed E-state index contributed by atoms with van der Waals surface area (Å²) in [5, 5.41) is 7.67. The van der Waals surface area contributed by atoms with Gasteiger partial charge in [-0.2, -0.15) is 0 Å². The number of rotatable bonds is 6. The van der Waals surface area contributed by atoms with Crippen molar-refractivity contribution < 1.29 is 4.74 Å². The minimum atomic E-state index is 0.266. The van der Waals surface area contributed by atoms with Gasteiger partial charge in [-0.1, -0.05) is 30.1 Å². The largest absolute Gasteiger partial charge is 0.381 e. The second kappa shape index (κ2) is 7.34. The number of ether oxygens (including phenoxy) is 1. The fourth-order valence-corrected chi connectivity index (χ4v) is 2.70. The van der Waals surface area contributed by atoms with E-state index in [1.165, 1.54) is 0 Å². The molecule has 0 saturated carbocycles. The molecule has 2 atom stereocenters. The molecule has 1 aliphatic heterocycles. The van der Waals surface area contributed by atoms with Crippen LogP contribution in [0, 0.1) is 5.92 Å². The maximum atomic E-state index is 6.22. The Bertz CT molecular complexity index is 450. The molecule has 2 unspecified atom stereocenters. The van der Waals surface area contributed by atoms with Crippen molar-refractivity contribution in [3.05, 3.63) is 16.1 Å². The van der Waals surface area contributed by atoms with Crippen molar-refractivity contribution in [1.29, 1.82) is 0 Å². The smallest absolute Gasteiger partial charge is 0.147 e. The molecule has 1 aliphatic rings. The summed E-state index contributed by atoms with van der Waals surface area (Å²) in [6.45, 7) is 6.69. The monoisotopic (exact) mass is 317 g/mol. The SMILES string of the molecule is CCCNc1nc(NC(C)C2CCOC2)c(Cl)cc1Cl. The van der Waals surface area contributed by atoms with Gasteiger partial charge in [-0.3, -0.25) is 0 Å². The molecule has 20 heavy (non-hydrogen) atoms. The molecular weight excluding hydrogens is 297 g/mol. The Morgan fingerprint density at radius 3 is 2.80 bits per heavy atom. The molecule has 1 aromatic rings. The van der Waals surface area contributed by atoms with Crippen molar-refractivity contribution in [2.75, 3.05) is 30.4 Å². The molecule has 4 nitrogen and oxygen atoms in total. The van der Waals surface area contributed by atoms with Gasteiger partial charge in [-0.25, -0.2) is 4.98 Å². The standard InChI is InChI=1S/C14H21Cl2N3O/c1-3-5-17-13-11(15)7-12(16)14(19-13)18-9(2)10-4-6-20-8-10/h7,9-10H,3-6,8H2,1-2H3,(H2,17,18,19). The Morgan fingerprint density at radius 1 is 1.40 bits per heavy atom. The second-order valence-electron chi connectivity index (χ2n) is 5.13. The van der Waals surface area contributed by atoms with E-state index in [-0.39, 0.29) is 6.04 Å². The van der Waals surface area contributed by atoms with E-state index in [0.29, 0.717) is 27.6 Å². The minimum Gasteiger partial charge on any atom is -0.381 e. The van der Waals surface area contributed by atoms with Gasteiger partial charge in [-0.05, 0) is 25.8 Å². The molecule has 112 valence electrons. The van der Waals surface area contributed by atoms with Gasteiger partial charge in [0.25, 0.3) is 0 Å².